The molecule has 1 fully saturated rings. The minimum absolute atomic E-state index is 0.0251. The highest BCUT2D eigenvalue weighted by molar-refractivity contribution is 9.10. The fourth-order valence-electron chi connectivity index (χ4n) is 2.43. The SMILES string of the molecule is CNCC1CCN(C(=O)c2ccc([N+](=O)[O-])cc2Br)C1. The lowest BCUT2D eigenvalue weighted by Gasteiger charge is -2.17. The van der Waals surface area contributed by atoms with E-state index in [1.165, 1.54) is 18.2 Å². The molecule has 0 saturated carbocycles. The summed E-state index contributed by atoms with van der Waals surface area (Å²) in [6, 6.07) is 4.24. The molecule has 0 aromatic heterocycles. The van der Waals surface area contributed by atoms with Gasteiger partial charge in [-0.3, -0.25) is 14.9 Å². The second-order valence-corrected chi connectivity index (χ2v) is 5.74. The summed E-state index contributed by atoms with van der Waals surface area (Å²) in [6.45, 7) is 2.35. The maximum atomic E-state index is 12.4. The second-order valence-electron chi connectivity index (χ2n) is 4.88. The van der Waals surface area contributed by atoms with Crippen LogP contribution in [0.3, 0.4) is 0 Å². The Morgan fingerprint density at radius 3 is 2.95 bits per heavy atom. The fraction of sp³-hybridized carbons (Fsp3) is 0.462. The number of hydrogen-bond acceptors (Lipinski definition) is 4. The van der Waals surface area contributed by atoms with Gasteiger partial charge in [-0.1, -0.05) is 0 Å². The minimum atomic E-state index is -0.474. The monoisotopic (exact) mass is 341 g/mol. The molecule has 1 aliphatic rings. The predicted octanol–water partition coefficient (Wildman–Crippen LogP) is 2.04. The number of halogens is 1. The number of likely N-dealkylation sites (tertiary alicyclic amines) is 1. The highest BCUT2D eigenvalue weighted by Gasteiger charge is 2.27. The zero-order chi connectivity index (χ0) is 14.7. The van der Waals surface area contributed by atoms with Gasteiger partial charge in [-0.15, -0.1) is 0 Å². The van der Waals surface area contributed by atoms with E-state index >= 15 is 0 Å². The molecular formula is C13H16BrN3O3. The summed E-state index contributed by atoms with van der Waals surface area (Å²) in [6.07, 6.45) is 0.983. The van der Waals surface area contributed by atoms with Crippen LogP contribution >= 0.6 is 15.9 Å². The van der Waals surface area contributed by atoms with Gasteiger partial charge in [0.25, 0.3) is 11.6 Å². The first-order chi connectivity index (χ1) is 9.52. The number of carbonyl (C=O) groups excluding carboxylic acids is 1. The third-order valence-corrected chi connectivity index (χ3v) is 4.12. The number of amides is 1. The van der Waals surface area contributed by atoms with Gasteiger partial charge < -0.3 is 10.2 Å². The summed E-state index contributed by atoms with van der Waals surface area (Å²) in [5.74, 6) is 0.395. The Labute approximate surface area is 125 Å². The summed E-state index contributed by atoms with van der Waals surface area (Å²) >= 11 is 3.24. The number of non-ortho nitro benzene ring substituents is 1. The van der Waals surface area contributed by atoms with Crippen LogP contribution < -0.4 is 5.32 Å². The van der Waals surface area contributed by atoms with Gasteiger partial charge in [0, 0.05) is 29.7 Å². The second kappa shape index (κ2) is 6.32. The normalized spacial score (nSPS) is 18.3. The van der Waals surface area contributed by atoms with E-state index in [1.807, 2.05) is 7.05 Å². The van der Waals surface area contributed by atoms with Crippen molar-refractivity contribution in [2.45, 2.75) is 6.42 Å². The van der Waals surface area contributed by atoms with Crippen LogP contribution in [-0.2, 0) is 0 Å². The lowest BCUT2D eigenvalue weighted by Crippen LogP contribution is -2.30. The van der Waals surface area contributed by atoms with Crippen LogP contribution in [0.5, 0.6) is 0 Å². The first-order valence-electron chi connectivity index (χ1n) is 6.40. The van der Waals surface area contributed by atoms with Gasteiger partial charge in [0.1, 0.15) is 0 Å². The quantitative estimate of drug-likeness (QED) is 0.671. The van der Waals surface area contributed by atoms with E-state index in [0.29, 0.717) is 16.0 Å². The number of nitrogens with zero attached hydrogens (tertiary/aromatic N) is 2. The number of nitrogens with one attached hydrogen (secondary N) is 1. The molecule has 1 atom stereocenters. The molecule has 20 heavy (non-hydrogen) atoms. The van der Waals surface area contributed by atoms with Gasteiger partial charge >= 0.3 is 0 Å². The lowest BCUT2D eigenvalue weighted by atomic mass is 10.1. The Bertz CT molecular complexity index is 536. The zero-order valence-corrected chi connectivity index (χ0v) is 12.7. The van der Waals surface area contributed by atoms with Gasteiger partial charge in [-0.05, 0) is 47.9 Å². The van der Waals surface area contributed by atoms with E-state index in [2.05, 4.69) is 21.2 Å². The molecule has 6 nitrogen and oxygen atoms in total. The maximum Gasteiger partial charge on any atom is 0.270 e. The van der Waals surface area contributed by atoms with E-state index in [-0.39, 0.29) is 11.6 Å². The molecule has 108 valence electrons. The first kappa shape index (κ1) is 14.9. The molecule has 1 amide bonds. The van der Waals surface area contributed by atoms with Crippen molar-refractivity contribution in [3.63, 3.8) is 0 Å². The molecule has 1 aromatic carbocycles. The Hall–Kier alpha value is -1.47. The van der Waals surface area contributed by atoms with Crippen molar-refractivity contribution >= 4 is 27.5 Å². The van der Waals surface area contributed by atoms with Crippen molar-refractivity contribution in [1.82, 2.24) is 10.2 Å². The van der Waals surface area contributed by atoms with Crippen molar-refractivity contribution in [3.8, 4) is 0 Å². The summed E-state index contributed by atoms with van der Waals surface area (Å²) in [5.41, 5.74) is 0.448. The standard InChI is InChI=1S/C13H16BrN3O3/c1-15-7-9-4-5-16(8-9)13(18)11-3-2-10(17(19)20)6-12(11)14/h2-3,6,9,15H,4-5,7-8H2,1H3. The number of rotatable bonds is 4. The van der Waals surface area contributed by atoms with Gasteiger partial charge in [0.05, 0.1) is 10.5 Å². The first-order valence-corrected chi connectivity index (χ1v) is 7.20. The molecule has 1 saturated heterocycles. The van der Waals surface area contributed by atoms with Crippen LogP contribution in [0.4, 0.5) is 5.69 Å². The average Bonchev–Trinajstić information content (AvgIpc) is 2.87. The number of nitro groups is 1. The minimum Gasteiger partial charge on any atom is -0.338 e. The number of benzene rings is 1. The molecule has 1 N–H and O–H groups in total. The van der Waals surface area contributed by atoms with E-state index in [9.17, 15) is 14.9 Å². The van der Waals surface area contributed by atoms with Crippen LogP contribution in [-0.4, -0.2) is 42.4 Å². The molecule has 1 aromatic rings. The summed E-state index contributed by atoms with van der Waals surface area (Å²) in [4.78, 5) is 24.4. The smallest absolute Gasteiger partial charge is 0.270 e. The number of hydrogen-bond donors (Lipinski definition) is 1. The van der Waals surface area contributed by atoms with E-state index in [0.717, 1.165) is 26.1 Å². The molecule has 1 aliphatic heterocycles. The molecule has 0 aliphatic carbocycles. The van der Waals surface area contributed by atoms with Crippen molar-refractivity contribution < 1.29 is 9.72 Å². The lowest BCUT2D eigenvalue weighted by molar-refractivity contribution is -0.384. The third-order valence-electron chi connectivity index (χ3n) is 3.46. The Morgan fingerprint density at radius 1 is 1.60 bits per heavy atom. The maximum absolute atomic E-state index is 12.4. The largest absolute Gasteiger partial charge is 0.338 e. The number of nitro benzene ring substituents is 1. The molecule has 0 radical (unpaired) electrons. The Kier molecular flexibility index (Phi) is 4.72. The fourth-order valence-corrected chi connectivity index (χ4v) is 2.97. The van der Waals surface area contributed by atoms with Gasteiger partial charge in [-0.2, -0.15) is 0 Å². The zero-order valence-electron chi connectivity index (χ0n) is 11.1. The predicted molar refractivity (Wildman–Crippen MR) is 78.7 cm³/mol. The summed E-state index contributed by atoms with van der Waals surface area (Å²) < 4.78 is 0.466. The molecule has 2 rings (SSSR count). The molecule has 1 heterocycles. The van der Waals surface area contributed by atoms with Crippen molar-refractivity contribution in [1.29, 1.82) is 0 Å². The molecule has 1 unspecified atom stereocenters. The molecular weight excluding hydrogens is 326 g/mol. The van der Waals surface area contributed by atoms with E-state index in [1.54, 1.807) is 4.90 Å². The topological polar surface area (TPSA) is 75.5 Å². The van der Waals surface area contributed by atoms with Crippen molar-refractivity contribution in [2.24, 2.45) is 5.92 Å². The Balaban J connectivity index is 2.12. The Morgan fingerprint density at radius 2 is 2.35 bits per heavy atom. The van der Waals surface area contributed by atoms with E-state index < -0.39 is 4.92 Å². The van der Waals surface area contributed by atoms with Crippen molar-refractivity contribution in [2.75, 3.05) is 26.7 Å². The summed E-state index contributed by atoms with van der Waals surface area (Å²) in [5, 5.41) is 13.8. The van der Waals surface area contributed by atoms with Crippen LogP contribution in [0.25, 0.3) is 0 Å². The van der Waals surface area contributed by atoms with Gasteiger partial charge in [0.15, 0.2) is 0 Å². The van der Waals surface area contributed by atoms with Crippen LogP contribution in [0.2, 0.25) is 0 Å². The molecule has 0 spiro atoms. The highest BCUT2D eigenvalue weighted by atomic mass is 79.9. The van der Waals surface area contributed by atoms with Crippen LogP contribution in [0, 0.1) is 16.0 Å². The van der Waals surface area contributed by atoms with Crippen LogP contribution in [0.1, 0.15) is 16.8 Å². The van der Waals surface area contributed by atoms with Gasteiger partial charge in [0.2, 0.25) is 0 Å². The van der Waals surface area contributed by atoms with Gasteiger partial charge in [-0.25, -0.2) is 0 Å². The summed E-state index contributed by atoms with van der Waals surface area (Å²) in [7, 11) is 1.90. The van der Waals surface area contributed by atoms with Crippen LogP contribution in [0.15, 0.2) is 22.7 Å². The highest BCUT2D eigenvalue weighted by Crippen LogP contribution is 2.26. The third kappa shape index (κ3) is 3.16. The molecule has 0 bridgehead atoms. The van der Waals surface area contributed by atoms with E-state index in [4.69, 9.17) is 0 Å². The number of carbonyl (C=O) groups is 1. The average molecular weight is 342 g/mol. The van der Waals surface area contributed by atoms with Crippen molar-refractivity contribution in [3.05, 3.63) is 38.3 Å². The molecule has 7 heteroatoms.